The average molecular weight is 259 g/mol. The van der Waals surface area contributed by atoms with Crippen molar-refractivity contribution in [3.05, 3.63) is 39.4 Å². The second-order valence-corrected chi connectivity index (χ2v) is 4.14. The number of nitro benzene ring substituents is 1. The summed E-state index contributed by atoms with van der Waals surface area (Å²) >= 11 is 0. The molecule has 0 bridgehead atoms. The molecule has 0 saturated carbocycles. The molecule has 6 heteroatoms. The first kappa shape index (κ1) is 13.9. The summed E-state index contributed by atoms with van der Waals surface area (Å²) in [6.07, 6.45) is 1.67. The van der Waals surface area contributed by atoms with Gasteiger partial charge < -0.3 is 10.8 Å². The van der Waals surface area contributed by atoms with Gasteiger partial charge in [0.15, 0.2) is 0 Å². The minimum atomic E-state index is -0.794. The lowest BCUT2D eigenvalue weighted by molar-refractivity contribution is -0.385. The van der Waals surface area contributed by atoms with Gasteiger partial charge in [-0.1, -0.05) is 6.07 Å². The van der Waals surface area contributed by atoms with Crippen LogP contribution >= 0.6 is 12.4 Å². The topological polar surface area (TPSA) is 89.4 Å². The van der Waals surface area contributed by atoms with Crippen molar-refractivity contribution in [2.45, 2.75) is 31.4 Å². The summed E-state index contributed by atoms with van der Waals surface area (Å²) in [6, 6.07) is 4.30. The molecule has 5 nitrogen and oxygen atoms in total. The molecular formula is C11H15ClN2O3. The number of fused-ring (bicyclic) bond motifs is 1. The lowest BCUT2D eigenvalue weighted by atomic mass is 9.98. The van der Waals surface area contributed by atoms with Crippen LogP contribution in [0.3, 0.4) is 0 Å². The van der Waals surface area contributed by atoms with Crippen LogP contribution < -0.4 is 5.73 Å². The van der Waals surface area contributed by atoms with Gasteiger partial charge in [0.05, 0.1) is 11.0 Å². The summed E-state index contributed by atoms with van der Waals surface area (Å²) < 4.78 is 0. The number of non-ortho nitro benzene ring substituents is 1. The van der Waals surface area contributed by atoms with Gasteiger partial charge >= 0.3 is 0 Å². The Labute approximate surface area is 105 Å². The van der Waals surface area contributed by atoms with Crippen molar-refractivity contribution in [2.75, 3.05) is 0 Å². The van der Waals surface area contributed by atoms with Gasteiger partial charge in [0, 0.05) is 18.2 Å². The molecule has 0 heterocycles. The third-order valence-corrected chi connectivity index (χ3v) is 3.05. The van der Waals surface area contributed by atoms with E-state index in [0.717, 1.165) is 24.8 Å². The standard InChI is InChI=1S/C11H14N2O3.ClH/c12-10-3-1-2-7-4-5-8(13(15)16)6-9(7)11(10)14;/h4-6,10-11,14H,1-3,12H2;1H. The van der Waals surface area contributed by atoms with E-state index in [4.69, 9.17) is 5.73 Å². The largest absolute Gasteiger partial charge is 0.387 e. The molecule has 3 N–H and O–H groups in total. The van der Waals surface area contributed by atoms with Gasteiger partial charge in [-0.3, -0.25) is 10.1 Å². The first-order valence-corrected chi connectivity index (χ1v) is 5.30. The zero-order valence-corrected chi connectivity index (χ0v) is 10.0. The molecule has 1 aromatic carbocycles. The fourth-order valence-corrected chi connectivity index (χ4v) is 2.12. The van der Waals surface area contributed by atoms with Crippen LogP contribution in [0.2, 0.25) is 0 Å². The van der Waals surface area contributed by atoms with Gasteiger partial charge in [0.2, 0.25) is 0 Å². The number of aliphatic hydroxyl groups is 1. The van der Waals surface area contributed by atoms with Crippen LogP contribution in [0.1, 0.15) is 30.1 Å². The highest BCUT2D eigenvalue weighted by Crippen LogP contribution is 2.30. The van der Waals surface area contributed by atoms with Crippen molar-refractivity contribution >= 4 is 18.1 Å². The number of nitrogens with two attached hydrogens (primary N) is 1. The van der Waals surface area contributed by atoms with Gasteiger partial charge in [-0.25, -0.2) is 0 Å². The molecule has 1 aromatic rings. The molecule has 1 aliphatic carbocycles. The third-order valence-electron chi connectivity index (χ3n) is 3.05. The van der Waals surface area contributed by atoms with Gasteiger partial charge in [0.1, 0.15) is 0 Å². The summed E-state index contributed by atoms with van der Waals surface area (Å²) in [6.45, 7) is 0. The lowest BCUT2D eigenvalue weighted by Gasteiger charge is -2.17. The Morgan fingerprint density at radius 3 is 2.82 bits per heavy atom. The molecule has 1 aliphatic rings. The molecule has 0 fully saturated rings. The minimum Gasteiger partial charge on any atom is -0.387 e. The summed E-state index contributed by atoms with van der Waals surface area (Å²) in [5.41, 5.74) is 7.38. The predicted molar refractivity (Wildman–Crippen MR) is 66.2 cm³/mol. The number of aryl methyl sites for hydroxylation is 1. The van der Waals surface area contributed by atoms with E-state index in [1.54, 1.807) is 6.07 Å². The zero-order chi connectivity index (χ0) is 11.7. The van der Waals surface area contributed by atoms with Crippen LogP contribution in [0.4, 0.5) is 5.69 Å². The molecule has 0 aliphatic heterocycles. The van der Waals surface area contributed by atoms with Crippen LogP contribution in [0.5, 0.6) is 0 Å². The number of rotatable bonds is 1. The number of hydrogen-bond acceptors (Lipinski definition) is 4. The third kappa shape index (κ3) is 2.74. The maximum absolute atomic E-state index is 10.7. The molecule has 0 spiro atoms. The zero-order valence-electron chi connectivity index (χ0n) is 9.20. The molecule has 2 atom stereocenters. The molecule has 0 radical (unpaired) electrons. The molecule has 0 aromatic heterocycles. The number of hydrogen-bond donors (Lipinski definition) is 2. The highest BCUT2D eigenvalue weighted by Gasteiger charge is 2.24. The Morgan fingerprint density at radius 1 is 1.47 bits per heavy atom. The smallest absolute Gasteiger partial charge is 0.269 e. The highest BCUT2D eigenvalue weighted by molar-refractivity contribution is 5.85. The Bertz CT molecular complexity index is 425. The maximum Gasteiger partial charge on any atom is 0.269 e. The fraction of sp³-hybridized carbons (Fsp3) is 0.455. The van der Waals surface area contributed by atoms with Crippen molar-refractivity contribution < 1.29 is 10.0 Å². The number of nitrogens with zero attached hydrogens (tertiary/aromatic N) is 1. The first-order chi connectivity index (χ1) is 7.59. The molecule has 0 saturated heterocycles. The van der Waals surface area contributed by atoms with Crippen molar-refractivity contribution in [3.8, 4) is 0 Å². The Hall–Kier alpha value is -1.17. The maximum atomic E-state index is 10.7. The monoisotopic (exact) mass is 258 g/mol. The number of halogens is 1. The highest BCUT2D eigenvalue weighted by atomic mass is 35.5. The van der Waals surface area contributed by atoms with E-state index in [1.165, 1.54) is 12.1 Å². The van der Waals surface area contributed by atoms with E-state index in [-0.39, 0.29) is 24.1 Å². The molecule has 0 amide bonds. The lowest BCUT2D eigenvalue weighted by Crippen LogP contribution is -2.27. The van der Waals surface area contributed by atoms with E-state index in [9.17, 15) is 15.2 Å². The second-order valence-electron chi connectivity index (χ2n) is 4.14. The number of benzene rings is 1. The fourth-order valence-electron chi connectivity index (χ4n) is 2.12. The normalized spacial score (nSPS) is 23.2. The Kier molecular flexibility index (Phi) is 4.45. The quantitative estimate of drug-likeness (QED) is 0.456. The van der Waals surface area contributed by atoms with Crippen molar-refractivity contribution in [3.63, 3.8) is 0 Å². The molecule has 94 valence electrons. The molecule has 17 heavy (non-hydrogen) atoms. The SMILES string of the molecule is Cl.NC1CCCc2ccc([N+](=O)[O-])cc2C1O. The van der Waals surface area contributed by atoms with E-state index in [1.807, 2.05) is 0 Å². The minimum absolute atomic E-state index is 0. The van der Waals surface area contributed by atoms with E-state index in [2.05, 4.69) is 0 Å². The number of nitro groups is 1. The van der Waals surface area contributed by atoms with Gasteiger partial charge in [-0.05, 0) is 30.4 Å². The van der Waals surface area contributed by atoms with Crippen LogP contribution in [-0.4, -0.2) is 16.1 Å². The molecule has 2 rings (SSSR count). The second kappa shape index (κ2) is 5.44. The average Bonchev–Trinajstić information content (AvgIpc) is 2.40. The van der Waals surface area contributed by atoms with Crippen LogP contribution in [0.25, 0.3) is 0 Å². The van der Waals surface area contributed by atoms with Crippen molar-refractivity contribution in [1.29, 1.82) is 0 Å². The summed E-state index contributed by atoms with van der Waals surface area (Å²) in [5, 5.41) is 20.6. The summed E-state index contributed by atoms with van der Waals surface area (Å²) in [4.78, 5) is 10.2. The van der Waals surface area contributed by atoms with Gasteiger partial charge in [-0.2, -0.15) is 0 Å². The van der Waals surface area contributed by atoms with Gasteiger partial charge in [0.25, 0.3) is 5.69 Å². The molecule has 2 unspecified atom stereocenters. The van der Waals surface area contributed by atoms with E-state index < -0.39 is 11.0 Å². The predicted octanol–water partition coefficient (Wildman–Crippen LogP) is 1.71. The summed E-state index contributed by atoms with van der Waals surface area (Å²) in [5.74, 6) is 0. The van der Waals surface area contributed by atoms with Gasteiger partial charge in [-0.15, -0.1) is 12.4 Å². The van der Waals surface area contributed by atoms with Crippen LogP contribution in [-0.2, 0) is 6.42 Å². The summed E-state index contributed by atoms with van der Waals surface area (Å²) in [7, 11) is 0. The first-order valence-electron chi connectivity index (χ1n) is 5.30. The Morgan fingerprint density at radius 2 is 2.18 bits per heavy atom. The van der Waals surface area contributed by atoms with Crippen LogP contribution in [0, 0.1) is 10.1 Å². The van der Waals surface area contributed by atoms with E-state index >= 15 is 0 Å². The van der Waals surface area contributed by atoms with Crippen molar-refractivity contribution in [2.24, 2.45) is 5.73 Å². The number of aliphatic hydroxyl groups excluding tert-OH is 1. The molecular weight excluding hydrogens is 244 g/mol. The van der Waals surface area contributed by atoms with E-state index in [0.29, 0.717) is 5.56 Å². The van der Waals surface area contributed by atoms with Crippen LogP contribution in [0.15, 0.2) is 18.2 Å². The Balaban J connectivity index is 0.00000144. The van der Waals surface area contributed by atoms with Crippen molar-refractivity contribution in [1.82, 2.24) is 0 Å².